The Kier molecular flexibility index (Phi) is 5.76. The van der Waals surface area contributed by atoms with Gasteiger partial charge in [0.05, 0.1) is 24.0 Å². The highest BCUT2D eigenvalue weighted by Crippen LogP contribution is 2.19. The number of carbonyl (C=O) groups excluding carboxylic acids is 2. The summed E-state index contributed by atoms with van der Waals surface area (Å²) in [7, 11) is 0. The van der Waals surface area contributed by atoms with Gasteiger partial charge in [0.1, 0.15) is 0 Å². The number of thiazole rings is 1. The minimum atomic E-state index is -1.22. The molecule has 0 aromatic carbocycles. The van der Waals surface area contributed by atoms with E-state index in [4.69, 9.17) is 0 Å². The number of hydrogen-bond donors (Lipinski definition) is 3. The minimum Gasteiger partial charge on any atom is -0.479 e. The van der Waals surface area contributed by atoms with Gasteiger partial charge in [0.2, 0.25) is 11.8 Å². The Balaban J connectivity index is 1.96. The highest BCUT2D eigenvalue weighted by Gasteiger charge is 2.30. The number of nitrogens with zero attached hydrogens (tertiary/aromatic N) is 3. The molecule has 0 aliphatic rings. The molecule has 0 fully saturated rings. The lowest BCUT2D eigenvalue weighted by molar-refractivity contribution is -0.146. The molecule has 0 unspecified atom stereocenters. The van der Waals surface area contributed by atoms with Gasteiger partial charge in [-0.2, -0.15) is 5.10 Å². The third-order valence-electron chi connectivity index (χ3n) is 3.61. The first-order valence-electron chi connectivity index (χ1n) is 7.93. The van der Waals surface area contributed by atoms with Gasteiger partial charge < -0.3 is 15.7 Å². The van der Waals surface area contributed by atoms with E-state index < -0.39 is 11.5 Å². The zero-order valence-corrected chi connectivity index (χ0v) is 15.8. The van der Waals surface area contributed by atoms with Crippen molar-refractivity contribution in [3.63, 3.8) is 0 Å². The van der Waals surface area contributed by atoms with Gasteiger partial charge in [-0.05, 0) is 13.8 Å². The van der Waals surface area contributed by atoms with Gasteiger partial charge in [0, 0.05) is 17.5 Å². The highest BCUT2D eigenvalue weighted by atomic mass is 32.1. The second-order valence-electron chi connectivity index (χ2n) is 6.55. The molecule has 2 rings (SSSR count). The summed E-state index contributed by atoms with van der Waals surface area (Å²) in [5.41, 5.74) is -0.292. The Morgan fingerprint density at radius 1 is 1.31 bits per heavy atom. The van der Waals surface area contributed by atoms with Crippen molar-refractivity contribution in [1.29, 1.82) is 0 Å². The predicted molar refractivity (Wildman–Crippen MR) is 97.1 cm³/mol. The Morgan fingerprint density at radius 3 is 2.62 bits per heavy atom. The van der Waals surface area contributed by atoms with Crippen molar-refractivity contribution in [3.8, 4) is 0 Å². The van der Waals surface area contributed by atoms with Gasteiger partial charge in [-0.15, -0.1) is 11.3 Å². The molecule has 0 atom stereocenters. The highest BCUT2D eigenvalue weighted by molar-refractivity contribution is 7.13. The van der Waals surface area contributed by atoms with Crippen LogP contribution in [0.5, 0.6) is 0 Å². The number of aromatic nitrogens is 3. The Labute approximate surface area is 154 Å². The largest absolute Gasteiger partial charge is 0.479 e. The summed E-state index contributed by atoms with van der Waals surface area (Å²) in [4.78, 5) is 39.2. The first kappa shape index (κ1) is 19.6. The third kappa shape index (κ3) is 4.66. The zero-order valence-electron chi connectivity index (χ0n) is 14.9. The first-order chi connectivity index (χ1) is 12.1. The Hall–Kier alpha value is -2.75. The summed E-state index contributed by atoms with van der Waals surface area (Å²) in [6.07, 6.45) is 2.88. The fraction of sp³-hybridized carbons (Fsp3) is 0.438. The average molecular weight is 379 g/mol. The first-order valence-corrected chi connectivity index (χ1v) is 8.81. The van der Waals surface area contributed by atoms with Crippen LogP contribution in [0.1, 0.15) is 33.4 Å². The standard InChI is InChI=1S/C16H21N5O4S/c1-9(2)13(23)20-15-19-10(8-26-15)5-12(22)18-11-6-17-21(7-11)16(3,4)14(24)25/h6-9H,5H2,1-4H3,(H,18,22)(H,24,25)(H,19,20,23). The van der Waals surface area contributed by atoms with E-state index in [1.165, 1.54) is 42.3 Å². The molecular formula is C16H21N5O4S. The fourth-order valence-electron chi connectivity index (χ4n) is 1.86. The van der Waals surface area contributed by atoms with Crippen LogP contribution in [0.25, 0.3) is 0 Å². The molecular weight excluding hydrogens is 358 g/mol. The van der Waals surface area contributed by atoms with E-state index in [1.807, 2.05) is 0 Å². The smallest absolute Gasteiger partial charge is 0.331 e. The second kappa shape index (κ2) is 7.65. The Bertz CT molecular complexity index is 824. The van der Waals surface area contributed by atoms with Crippen LogP contribution in [0.2, 0.25) is 0 Å². The summed E-state index contributed by atoms with van der Waals surface area (Å²) < 4.78 is 1.27. The molecule has 0 saturated heterocycles. The molecule has 0 aliphatic carbocycles. The fourth-order valence-corrected chi connectivity index (χ4v) is 2.57. The van der Waals surface area contributed by atoms with Crippen LogP contribution < -0.4 is 10.6 Å². The molecule has 2 amide bonds. The molecule has 0 radical (unpaired) electrons. The zero-order chi connectivity index (χ0) is 19.5. The molecule has 2 aromatic rings. The number of carboxylic acid groups (broad SMARTS) is 1. The van der Waals surface area contributed by atoms with Crippen molar-refractivity contribution in [2.24, 2.45) is 5.92 Å². The quantitative estimate of drug-likeness (QED) is 0.675. The molecule has 3 N–H and O–H groups in total. The summed E-state index contributed by atoms with van der Waals surface area (Å²) >= 11 is 1.25. The number of rotatable bonds is 7. The van der Waals surface area contributed by atoms with Crippen molar-refractivity contribution in [2.75, 3.05) is 10.6 Å². The van der Waals surface area contributed by atoms with Gasteiger partial charge in [0.15, 0.2) is 10.7 Å². The van der Waals surface area contributed by atoms with Crippen LogP contribution in [-0.2, 0) is 26.3 Å². The van der Waals surface area contributed by atoms with E-state index >= 15 is 0 Å². The summed E-state index contributed by atoms with van der Waals surface area (Å²) in [5, 5.41) is 20.7. The maximum absolute atomic E-state index is 12.1. The second-order valence-corrected chi connectivity index (χ2v) is 7.41. The number of anilines is 2. The third-order valence-corrected chi connectivity index (χ3v) is 4.42. The minimum absolute atomic E-state index is 0.0293. The van der Waals surface area contributed by atoms with Crippen molar-refractivity contribution < 1.29 is 19.5 Å². The van der Waals surface area contributed by atoms with E-state index in [9.17, 15) is 19.5 Å². The topological polar surface area (TPSA) is 126 Å². The molecule has 10 heteroatoms. The van der Waals surface area contributed by atoms with Crippen molar-refractivity contribution in [3.05, 3.63) is 23.5 Å². The predicted octanol–water partition coefficient (Wildman–Crippen LogP) is 1.93. The van der Waals surface area contributed by atoms with Crippen LogP contribution >= 0.6 is 11.3 Å². The summed E-state index contributed by atoms with van der Waals surface area (Å²) in [6, 6.07) is 0. The van der Waals surface area contributed by atoms with E-state index in [1.54, 1.807) is 19.2 Å². The molecule has 2 heterocycles. The molecule has 26 heavy (non-hydrogen) atoms. The Morgan fingerprint density at radius 2 is 2.00 bits per heavy atom. The number of carbonyl (C=O) groups is 3. The number of amides is 2. The van der Waals surface area contributed by atoms with Crippen LogP contribution in [0.4, 0.5) is 10.8 Å². The van der Waals surface area contributed by atoms with Crippen LogP contribution in [0.3, 0.4) is 0 Å². The molecule has 0 saturated carbocycles. The molecule has 0 spiro atoms. The van der Waals surface area contributed by atoms with Gasteiger partial charge in [-0.3, -0.25) is 14.3 Å². The number of carboxylic acids is 1. The van der Waals surface area contributed by atoms with Gasteiger partial charge in [0.25, 0.3) is 0 Å². The van der Waals surface area contributed by atoms with Crippen LogP contribution in [-0.4, -0.2) is 37.7 Å². The summed E-state index contributed by atoms with van der Waals surface area (Å²) in [6.45, 7) is 6.58. The lowest BCUT2D eigenvalue weighted by Gasteiger charge is -2.19. The molecule has 0 bridgehead atoms. The van der Waals surface area contributed by atoms with Crippen molar-refractivity contribution in [1.82, 2.24) is 14.8 Å². The number of hydrogen-bond acceptors (Lipinski definition) is 6. The van der Waals surface area contributed by atoms with Gasteiger partial charge in [-0.25, -0.2) is 9.78 Å². The van der Waals surface area contributed by atoms with Gasteiger partial charge in [-0.1, -0.05) is 13.8 Å². The number of aliphatic carboxylic acids is 1. The van der Waals surface area contributed by atoms with Crippen LogP contribution in [0, 0.1) is 5.92 Å². The number of nitrogens with one attached hydrogen (secondary N) is 2. The maximum Gasteiger partial charge on any atom is 0.331 e. The SMILES string of the molecule is CC(C)C(=O)Nc1nc(CC(=O)Nc2cnn(C(C)(C)C(=O)O)c2)cs1. The van der Waals surface area contributed by atoms with Crippen LogP contribution in [0.15, 0.2) is 17.8 Å². The average Bonchev–Trinajstić information content (AvgIpc) is 3.16. The van der Waals surface area contributed by atoms with E-state index in [0.29, 0.717) is 16.5 Å². The maximum atomic E-state index is 12.1. The normalized spacial score (nSPS) is 11.4. The van der Waals surface area contributed by atoms with Gasteiger partial charge >= 0.3 is 5.97 Å². The van der Waals surface area contributed by atoms with Crippen molar-refractivity contribution in [2.45, 2.75) is 39.7 Å². The summed E-state index contributed by atoms with van der Waals surface area (Å²) in [5.74, 6) is -1.64. The van der Waals surface area contributed by atoms with E-state index in [-0.39, 0.29) is 24.2 Å². The molecule has 0 aliphatic heterocycles. The molecule has 9 nitrogen and oxygen atoms in total. The molecule has 140 valence electrons. The van der Waals surface area contributed by atoms with E-state index in [2.05, 4.69) is 20.7 Å². The monoisotopic (exact) mass is 379 g/mol. The lowest BCUT2D eigenvalue weighted by Crippen LogP contribution is -2.35. The van der Waals surface area contributed by atoms with E-state index in [0.717, 1.165) is 0 Å². The van der Waals surface area contributed by atoms with Crippen molar-refractivity contribution >= 4 is 39.9 Å². The lowest BCUT2D eigenvalue weighted by atomic mass is 10.1. The molecule has 2 aromatic heterocycles.